The van der Waals surface area contributed by atoms with E-state index in [1.54, 1.807) is 24.7 Å². The number of anilines is 1. The van der Waals surface area contributed by atoms with Gasteiger partial charge in [0.2, 0.25) is 11.8 Å². The summed E-state index contributed by atoms with van der Waals surface area (Å²) in [6.45, 7) is 7.56. The zero-order valence-corrected chi connectivity index (χ0v) is 21.4. The number of imidazole rings is 1. The zero-order chi connectivity index (χ0) is 24.9. The van der Waals surface area contributed by atoms with Crippen molar-refractivity contribution in [2.45, 2.75) is 46.4 Å². The van der Waals surface area contributed by atoms with Crippen molar-refractivity contribution in [2.75, 3.05) is 37.9 Å². The van der Waals surface area contributed by atoms with Crippen LogP contribution in [-0.4, -0.2) is 68.0 Å². The van der Waals surface area contributed by atoms with Gasteiger partial charge in [-0.05, 0) is 27.2 Å². The maximum Gasteiger partial charge on any atom is 0.697 e. The van der Waals surface area contributed by atoms with Crippen LogP contribution < -0.4 is 10.5 Å². The number of aromatic nitrogens is 4. The largest absolute Gasteiger partial charge is 0.697 e. The zero-order valence-electron chi connectivity index (χ0n) is 19.7. The van der Waals surface area contributed by atoms with Crippen LogP contribution in [-0.2, 0) is 23.1 Å². The van der Waals surface area contributed by atoms with Crippen LogP contribution in [0.1, 0.15) is 40.3 Å². The molecular weight excluding hydrogens is 485 g/mol. The lowest BCUT2D eigenvalue weighted by Crippen LogP contribution is -2.26. The average molecular weight is 517 g/mol. The number of ether oxygens (including phenoxy) is 2. The fourth-order valence-corrected chi connectivity index (χ4v) is 4.92. The number of hydrogen-bond donors (Lipinski definition) is 2. The molecule has 14 heteroatoms. The van der Waals surface area contributed by atoms with Crippen molar-refractivity contribution < 1.29 is 33.0 Å². The summed E-state index contributed by atoms with van der Waals surface area (Å²) in [4.78, 5) is 24.7. The number of nitrogens with zero attached hydrogens (tertiary/aromatic N) is 4. The van der Waals surface area contributed by atoms with Crippen molar-refractivity contribution >= 4 is 42.2 Å². The number of fused-ring (bicyclic) bond motifs is 1. The Morgan fingerprint density at radius 1 is 1.41 bits per heavy atom. The Bertz CT molecular complexity index is 1020. The van der Waals surface area contributed by atoms with Gasteiger partial charge in [0.25, 0.3) is 0 Å². The van der Waals surface area contributed by atoms with E-state index in [1.807, 2.05) is 13.8 Å². The number of nitrogens with two attached hydrogens (primary N) is 1. The Kier molecular flexibility index (Phi) is 9.19. The predicted octanol–water partition coefficient (Wildman–Crippen LogP) is 2.70. The molecule has 0 amide bonds. The molecule has 4 atom stereocenters. The lowest BCUT2D eigenvalue weighted by atomic mass is 9.97. The van der Waals surface area contributed by atoms with Crippen molar-refractivity contribution in [3.63, 3.8) is 0 Å². The highest BCUT2D eigenvalue weighted by Gasteiger charge is 2.37. The van der Waals surface area contributed by atoms with Gasteiger partial charge in [0.05, 0.1) is 31.1 Å². The molecule has 1 aliphatic rings. The number of rotatable bonds is 12. The number of thioether (sulfide) groups is 1. The van der Waals surface area contributed by atoms with Crippen LogP contribution in [0.5, 0.6) is 5.88 Å². The summed E-state index contributed by atoms with van der Waals surface area (Å²) < 4.78 is 36.0. The minimum absolute atomic E-state index is 0.0807. The Labute approximate surface area is 202 Å². The van der Waals surface area contributed by atoms with Crippen molar-refractivity contribution in [2.24, 2.45) is 11.3 Å². The second-order valence-electron chi connectivity index (χ2n) is 8.54. The fraction of sp³-hybridized carbons (Fsp3) is 0.700. The van der Waals surface area contributed by atoms with Gasteiger partial charge in [-0.15, -0.1) is 9.05 Å². The summed E-state index contributed by atoms with van der Waals surface area (Å²) >= 11 is 1.03. The van der Waals surface area contributed by atoms with Crippen molar-refractivity contribution in [3.8, 4) is 5.88 Å². The number of aliphatic hydroxyl groups excluding tert-OH is 1. The van der Waals surface area contributed by atoms with Crippen LogP contribution in [0.2, 0.25) is 0 Å². The van der Waals surface area contributed by atoms with Crippen molar-refractivity contribution in [1.29, 1.82) is 0 Å². The first-order valence-electron chi connectivity index (χ1n) is 11.0. The smallest absolute Gasteiger partial charge is 0.476 e. The molecule has 2 aromatic rings. The Balaban J connectivity index is 1.49. The van der Waals surface area contributed by atoms with Crippen LogP contribution in [0.25, 0.3) is 11.2 Å². The topological polar surface area (TPSA) is 161 Å². The Morgan fingerprint density at radius 3 is 2.88 bits per heavy atom. The van der Waals surface area contributed by atoms with Gasteiger partial charge in [0.15, 0.2) is 16.3 Å². The van der Waals surface area contributed by atoms with E-state index in [0.29, 0.717) is 35.8 Å². The molecule has 0 saturated carbocycles. The first-order chi connectivity index (χ1) is 16.2. The third-order valence-electron chi connectivity index (χ3n) is 5.24. The molecule has 3 N–H and O–H groups in total. The molecule has 3 rings (SSSR count). The van der Waals surface area contributed by atoms with Gasteiger partial charge in [-0.2, -0.15) is 9.97 Å². The lowest BCUT2D eigenvalue weighted by molar-refractivity contribution is -0.119. The van der Waals surface area contributed by atoms with Gasteiger partial charge < -0.3 is 20.3 Å². The van der Waals surface area contributed by atoms with E-state index in [2.05, 4.69) is 15.0 Å². The molecule has 0 bridgehead atoms. The van der Waals surface area contributed by atoms with Crippen LogP contribution in [0.15, 0.2) is 6.33 Å². The van der Waals surface area contributed by atoms with Gasteiger partial charge in [0.1, 0.15) is 19.4 Å². The van der Waals surface area contributed by atoms with Crippen molar-refractivity contribution in [3.05, 3.63) is 6.33 Å². The summed E-state index contributed by atoms with van der Waals surface area (Å²) in [6, 6.07) is 0. The number of hydrogen-bond acceptors (Lipinski definition) is 12. The lowest BCUT2D eigenvalue weighted by Gasteiger charge is -2.18. The minimum atomic E-state index is -2.35. The molecule has 1 aliphatic heterocycles. The molecule has 1 saturated heterocycles. The van der Waals surface area contributed by atoms with Gasteiger partial charge >= 0.3 is 8.25 Å². The second kappa shape index (κ2) is 11.7. The number of nitrogen functional groups attached to an aromatic ring is 1. The third kappa shape index (κ3) is 6.41. The van der Waals surface area contributed by atoms with Crippen LogP contribution in [0.4, 0.5) is 5.95 Å². The number of carbonyl (C=O) groups excluding carboxylic acids is 1. The Morgan fingerprint density at radius 2 is 2.18 bits per heavy atom. The fourth-order valence-electron chi connectivity index (χ4n) is 3.38. The van der Waals surface area contributed by atoms with Gasteiger partial charge in [-0.1, -0.05) is 18.7 Å². The molecule has 0 radical (unpaired) electrons. The molecule has 0 aromatic carbocycles. The molecule has 188 valence electrons. The normalized spacial score (nSPS) is 21.2. The van der Waals surface area contributed by atoms with Crippen LogP contribution in [0.3, 0.4) is 0 Å². The number of carbonyl (C=O) groups is 1. The molecule has 12 nitrogen and oxygen atoms in total. The van der Waals surface area contributed by atoms with E-state index in [9.17, 15) is 14.5 Å². The highest BCUT2D eigenvalue weighted by molar-refractivity contribution is 8.13. The van der Waals surface area contributed by atoms with E-state index in [1.165, 1.54) is 0 Å². The van der Waals surface area contributed by atoms with Gasteiger partial charge in [-0.3, -0.25) is 9.36 Å². The highest BCUT2D eigenvalue weighted by atomic mass is 32.2. The molecule has 34 heavy (non-hydrogen) atoms. The summed E-state index contributed by atoms with van der Waals surface area (Å²) in [6.07, 6.45) is 1.63. The summed E-state index contributed by atoms with van der Waals surface area (Å²) in [5, 5.41) is 9.06. The molecule has 1 fully saturated rings. The Hall–Kier alpha value is -1.89. The molecule has 0 aliphatic carbocycles. The van der Waals surface area contributed by atoms with Crippen LogP contribution in [0, 0.1) is 11.3 Å². The standard InChI is InChI=1S/C20H31N5O7PS/c1-5-29-16-14-15(23-19(21)24-16)25(11-22-14)17-12(2)8-13(32-17)9-31-33(28)30-6-7-34-18(27)20(3,4)10-26/h11-13,17,26H,5-10H2,1-4H3,(H2,21,23,24)/q+1/t12-,13-,17+/m0/s1. The molecule has 0 spiro atoms. The maximum absolute atomic E-state index is 12.1. The SMILES string of the molecule is CCOc1nc(N)nc2c1ncn2[C@@H]1O[C@H](CO[P+](=O)OCCSC(=O)C(C)(C)CO)C[C@@H]1C. The quantitative estimate of drug-likeness (QED) is 0.314. The molecule has 3 heterocycles. The molecule has 1 unspecified atom stereocenters. The predicted molar refractivity (Wildman–Crippen MR) is 126 cm³/mol. The monoisotopic (exact) mass is 516 g/mol. The van der Waals surface area contributed by atoms with E-state index in [0.717, 1.165) is 11.8 Å². The summed E-state index contributed by atoms with van der Waals surface area (Å²) in [7, 11) is -2.35. The van der Waals surface area contributed by atoms with Gasteiger partial charge in [0, 0.05) is 16.2 Å². The van der Waals surface area contributed by atoms with Crippen LogP contribution >= 0.6 is 20.0 Å². The number of aliphatic hydroxyl groups is 1. The summed E-state index contributed by atoms with van der Waals surface area (Å²) in [5.41, 5.74) is 6.03. The third-order valence-corrected chi connectivity index (χ3v) is 7.18. The van der Waals surface area contributed by atoms with Crippen molar-refractivity contribution in [1.82, 2.24) is 19.5 Å². The second-order valence-corrected chi connectivity index (χ2v) is 10.6. The molecular formula is C20H31N5O7PS+. The average Bonchev–Trinajstić information content (AvgIpc) is 3.38. The molecule has 2 aromatic heterocycles. The van der Waals surface area contributed by atoms with E-state index in [4.69, 9.17) is 24.3 Å². The van der Waals surface area contributed by atoms with E-state index < -0.39 is 13.7 Å². The van der Waals surface area contributed by atoms with Gasteiger partial charge in [-0.25, -0.2) is 4.98 Å². The minimum Gasteiger partial charge on any atom is -0.476 e. The maximum atomic E-state index is 12.1. The first-order valence-corrected chi connectivity index (χ1v) is 13.0. The van der Waals surface area contributed by atoms with E-state index >= 15 is 0 Å². The highest BCUT2D eigenvalue weighted by Crippen LogP contribution is 2.38. The summed E-state index contributed by atoms with van der Waals surface area (Å²) in [5.74, 6) is 0.822. The van der Waals surface area contributed by atoms with E-state index in [-0.39, 0.29) is 49.1 Å². The first kappa shape index (κ1) is 26.7.